The predicted molar refractivity (Wildman–Crippen MR) is 129 cm³/mol. The second-order valence-corrected chi connectivity index (χ2v) is 9.33. The quantitative estimate of drug-likeness (QED) is 0.590. The molecule has 0 saturated carbocycles. The maximum absolute atomic E-state index is 13.0. The van der Waals surface area contributed by atoms with Gasteiger partial charge in [-0.1, -0.05) is 11.3 Å². The summed E-state index contributed by atoms with van der Waals surface area (Å²) in [7, 11) is 0. The van der Waals surface area contributed by atoms with Crippen molar-refractivity contribution in [2.75, 3.05) is 46.1 Å². The van der Waals surface area contributed by atoms with Gasteiger partial charge in [0.15, 0.2) is 11.5 Å². The normalized spacial score (nSPS) is 18.6. The zero-order valence-corrected chi connectivity index (χ0v) is 19.9. The Morgan fingerprint density at radius 1 is 0.944 bits per heavy atom. The number of aromatic amines is 1. The van der Waals surface area contributed by atoms with Crippen LogP contribution >= 0.6 is 0 Å². The van der Waals surface area contributed by atoms with Crippen molar-refractivity contribution in [1.29, 1.82) is 0 Å². The smallest absolute Gasteiger partial charge is 0.410 e. The molecule has 0 atom stereocenters. The fourth-order valence-corrected chi connectivity index (χ4v) is 5.13. The summed E-state index contributed by atoms with van der Waals surface area (Å²) in [6.07, 6.45) is 1.55. The van der Waals surface area contributed by atoms with Crippen LogP contribution in [-0.4, -0.2) is 94.2 Å². The fourth-order valence-electron chi connectivity index (χ4n) is 5.13. The van der Waals surface area contributed by atoms with Crippen molar-refractivity contribution in [2.45, 2.75) is 25.5 Å². The molecular weight excluding hydrogens is 464 g/mol. The predicted octanol–water partition coefficient (Wildman–Crippen LogP) is 2.25. The minimum atomic E-state index is -0.295. The third kappa shape index (κ3) is 4.53. The van der Waals surface area contributed by atoms with Gasteiger partial charge in [-0.15, -0.1) is 5.10 Å². The van der Waals surface area contributed by atoms with Gasteiger partial charge in [-0.05, 0) is 48.7 Å². The first kappa shape index (κ1) is 22.6. The van der Waals surface area contributed by atoms with E-state index in [1.165, 1.54) is 0 Å². The molecule has 11 nitrogen and oxygen atoms in total. The summed E-state index contributed by atoms with van der Waals surface area (Å²) < 4.78 is 16.2. The molecular formula is C25H28N6O5. The lowest BCUT2D eigenvalue weighted by atomic mass is 10.0. The van der Waals surface area contributed by atoms with E-state index in [0.29, 0.717) is 41.7 Å². The van der Waals surface area contributed by atoms with Gasteiger partial charge >= 0.3 is 6.09 Å². The summed E-state index contributed by atoms with van der Waals surface area (Å²) in [4.78, 5) is 31.7. The zero-order chi connectivity index (χ0) is 24.5. The van der Waals surface area contributed by atoms with Gasteiger partial charge in [0.05, 0.1) is 5.52 Å². The zero-order valence-electron chi connectivity index (χ0n) is 19.9. The Hall–Kier alpha value is -3.86. The third-order valence-electron chi connectivity index (χ3n) is 7.21. The van der Waals surface area contributed by atoms with Crippen LogP contribution in [0.15, 0.2) is 36.4 Å². The standard InChI is InChI=1S/C25H28N6O5/c32-24(18-2-3-20-21(14-18)27-28-26-20)30-7-5-19(6-8-30)29-9-11-31(12-10-29)25(33)34-15-17-1-4-22-23(13-17)36-16-35-22/h1-4,13-14,19H,5-12,15-16H2,(H,26,27,28). The maximum Gasteiger partial charge on any atom is 0.410 e. The van der Waals surface area contributed by atoms with Crippen molar-refractivity contribution in [3.8, 4) is 11.5 Å². The van der Waals surface area contributed by atoms with E-state index in [0.717, 1.165) is 50.1 Å². The number of rotatable bonds is 4. The van der Waals surface area contributed by atoms with Crippen molar-refractivity contribution < 1.29 is 23.8 Å². The van der Waals surface area contributed by atoms with Crippen LogP contribution < -0.4 is 9.47 Å². The van der Waals surface area contributed by atoms with Crippen molar-refractivity contribution in [3.63, 3.8) is 0 Å². The van der Waals surface area contributed by atoms with Gasteiger partial charge in [0.2, 0.25) is 6.79 Å². The van der Waals surface area contributed by atoms with E-state index in [9.17, 15) is 9.59 Å². The summed E-state index contributed by atoms with van der Waals surface area (Å²) in [6.45, 7) is 4.75. The molecule has 6 rings (SSSR count). The number of piperidine rings is 1. The van der Waals surface area contributed by atoms with Crippen LogP contribution in [0.3, 0.4) is 0 Å². The van der Waals surface area contributed by atoms with Gasteiger partial charge in [0, 0.05) is 50.9 Å². The Morgan fingerprint density at radius 2 is 1.75 bits per heavy atom. The minimum absolute atomic E-state index is 0.0355. The summed E-state index contributed by atoms with van der Waals surface area (Å²) in [6, 6.07) is 11.4. The fraction of sp³-hybridized carbons (Fsp3) is 0.440. The number of ether oxygens (including phenoxy) is 3. The van der Waals surface area contributed by atoms with Crippen LogP contribution in [0.2, 0.25) is 0 Å². The molecule has 1 N–H and O–H groups in total. The van der Waals surface area contributed by atoms with E-state index < -0.39 is 0 Å². The number of piperazine rings is 1. The topological polar surface area (TPSA) is 113 Å². The van der Waals surface area contributed by atoms with Crippen LogP contribution in [0.1, 0.15) is 28.8 Å². The van der Waals surface area contributed by atoms with Crippen LogP contribution in [0.5, 0.6) is 11.5 Å². The first-order valence-corrected chi connectivity index (χ1v) is 12.3. The summed E-state index contributed by atoms with van der Waals surface area (Å²) in [5.74, 6) is 1.43. The molecule has 0 aliphatic carbocycles. The van der Waals surface area contributed by atoms with E-state index in [1.807, 2.05) is 35.2 Å². The minimum Gasteiger partial charge on any atom is -0.454 e. The molecule has 3 aliphatic rings. The molecule has 0 unspecified atom stereocenters. The van der Waals surface area contributed by atoms with Gasteiger partial charge in [0.25, 0.3) is 5.91 Å². The Labute approximate surface area is 207 Å². The molecule has 2 amide bonds. The average Bonchev–Trinajstić information content (AvgIpc) is 3.60. The number of carbonyl (C=O) groups is 2. The molecule has 3 aliphatic heterocycles. The lowest BCUT2D eigenvalue weighted by molar-refractivity contribution is 0.0394. The van der Waals surface area contributed by atoms with E-state index in [-0.39, 0.29) is 25.4 Å². The molecule has 2 fully saturated rings. The molecule has 4 heterocycles. The largest absolute Gasteiger partial charge is 0.454 e. The molecule has 0 spiro atoms. The number of hydrogen-bond donors (Lipinski definition) is 1. The summed E-state index contributed by atoms with van der Waals surface area (Å²) in [5.41, 5.74) is 3.03. The molecule has 0 radical (unpaired) electrons. The van der Waals surface area contributed by atoms with Gasteiger partial charge in [-0.3, -0.25) is 14.8 Å². The van der Waals surface area contributed by atoms with E-state index in [1.54, 1.807) is 11.0 Å². The second-order valence-electron chi connectivity index (χ2n) is 9.33. The van der Waals surface area contributed by atoms with Crippen LogP contribution in [0, 0.1) is 0 Å². The number of likely N-dealkylation sites (tertiary alicyclic amines) is 1. The molecule has 0 bridgehead atoms. The monoisotopic (exact) mass is 492 g/mol. The Balaban J connectivity index is 0.952. The number of aromatic nitrogens is 3. The number of nitrogens with one attached hydrogen (secondary N) is 1. The van der Waals surface area contributed by atoms with E-state index >= 15 is 0 Å². The molecule has 2 aromatic carbocycles. The number of benzene rings is 2. The number of carbonyl (C=O) groups excluding carboxylic acids is 2. The number of amides is 2. The van der Waals surface area contributed by atoms with Crippen molar-refractivity contribution in [1.82, 2.24) is 30.1 Å². The number of hydrogen-bond acceptors (Lipinski definition) is 8. The molecule has 2 saturated heterocycles. The number of H-pyrrole nitrogens is 1. The molecule has 188 valence electrons. The van der Waals surface area contributed by atoms with Crippen LogP contribution in [-0.2, 0) is 11.3 Å². The highest BCUT2D eigenvalue weighted by Gasteiger charge is 2.31. The highest BCUT2D eigenvalue weighted by Crippen LogP contribution is 2.32. The summed E-state index contributed by atoms with van der Waals surface area (Å²) in [5, 5.41) is 10.6. The Kier molecular flexibility index (Phi) is 6.06. The highest BCUT2D eigenvalue weighted by molar-refractivity contribution is 5.97. The van der Waals surface area contributed by atoms with E-state index in [4.69, 9.17) is 14.2 Å². The second kappa shape index (κ2) is 9.65. The Bertz CT molecular complexity index is 1260. The van der Waals surface area contributed by atoms with Crippen molar-refractivity contribution >= 4 is 23.0 Å². The van der Waals surface area contributed by atoms with Gasteiger partial charge in [0.1, 0.15) is 12.1 Å². The van der Waals surface area contributed by atoms with Gasteiger partial charge < -0.3 is 24.0 Å². The number of nitrogens with zero attached hydrogens (tertiary/aromatic N) is 5. The average molecular weight is 493 g/mol. The van der Waals surface area contributed by atoms with Crippen LogP contribution in [0.4, 0.5) is 4.79 Å². The molecule has 3 aromatic rings. The first-order valence-electron chi connectivity index (χ1n) is 12.3. The SMILES string of the molecule is O=C(OCc1ccc2c(c1)OCO2)N1CCN(C2CCN(C(=O)c3ccc4[nH]nnc4c3)CC2)CC1. The lowest BCUT2D eigenvalue weighted by Crippen LogP contribution is -2.54. The highest BCUT2D eigenvalue weighted by atomic mass is 16.7. The Morgan fingerprint density at radius 3 is 2.58 bits per heavy atom. The van der Waals surface area contributed by atoms with Crippen molar-refractivity contribution in [3.05, 3.63) is 47.5 Å². The summed E-state index contributed by atoms with van der Waals surface area (Å²) >= 11 is 0. The van der Waals surface area contributed by atoms with Crippen LogP contribution in [0.25, 0.3) is 11.0 Å². The maximum atomic E-state index is 13.0. The van der Waals surface area contributed by atoms with E-state index in [2.05, 4.69) is 20.3 Å². The molecule has 36 heavy (non-hydrogen) atoms. The first-order chi connectivity index (χ1) is 17.6. The van der Waals surface area contributed by atoms with Crippen molar-refractivity contribution in [2.24, 2.45) is 0 Å². The lowest BCUT2D eigenvalue weighted by Gasteiger charge is -2.42. The van der Waals surface area contributed by atoms with Gasteiger partial charge in [-0.25, -0.2) is 4.79 Å². The third-order valence-corrected chi connectivity index (χ3v) is 7.21. The van der Waals surface area contributed by atoms with Gasteiger partial charge in [-0.2, -0.15) is 0 Å². The molecule has 11 heteroatoms. The molecule has 1 aromatic heterocycles. The number of fused-ring (bicyclic) bond motifs is 2.